The highest BCUT2D eigenvalue weighted by Gasteiger charge is 2.40. The Morgan fingerprint density at radius 3 is 2.57 bits per heavy atom. The number of hydrogen-bond acceptors (Lipinski definition) is 5. The van der Waals surface area contributed by atoms with Gasteiger partial charge >= 0.3 is 0 Å². The van der Waals surface area contributed by atoms with Gasteiger partial charge in [-0.1, -0.05) is 0 Å². The van der Waals surface area contributed by atoms with Crippen LogP contribution in [-0.2, 0) is 4.79 Å². The van der Waals surface area contributed by atoms with E-state index in [4.69, 9.17) is 0 Å². The second kappa shape index (κ2) is 6.15. The third-order valence-corrected chi connectivity index (χ3v) is 5.27. The highest BCUT2D eigenvalue weighted by molar-refractivity contribution is 5.74. The molecule has 1 amide bonds. The molecule has 23 heavy (non-hydrogen) atoms. The molecule has 0 N–H and O–H groups in total. The molecule has 0 spiro atoms. The number of hydrogen-bond donors (Lipinski definition) is 0. The molecule has 2 saturated heterocycles. The second-order valence-corrected chi connectivity index (χ2v) is 6.55. The van der Waals surface area contributed by atoms with Crippen LogP contribution in [-0.4, -0.2) is 46.2 Å². The minimum Gasteiger partial charge on any atom is -0.349 e. The monoisotopic (exact) mass is 313 g/mol. The standard InChI is InChI=1S/C17H23N5O/c1-11-12(2)19-20-17(14(11)10-18)22-9-5-7-16(22)15-6-4-8-21(15)13(3)23/h15-16H,4-9H2,1-3H3/t15-,16+/m0/s1. The van der Waals surface area contributed by atoms with E-state index in [-0.39, 0.29) is 18.0 Å². The van der Waals surface area contributed by atoms with Gasteiger partial charge in [-0.2, -0.15) is 10.4 Å². The first-order valence-electron chi connectivity index (χ1n) is 8.32. The Labute approximate surface area is 137 Å². The van der Waals surface area contributed by atoms with Crippen molar-refractivity contribution in [3.8, 4) is 6.07 Å². The number of likely N-dealkylation sites (tertiary alicyclic amines) is 1. The zero-order chi connectivity index (χ0) is 16.6. The zero-order valence-electron chi connectivity index (χ0n) is 14.0. The van der Waals surface area contributed by atoms with Crippen molar-refractivity contribution in [2.45, 2.75) is 58.5 Å². The van der Waals surface area contributed by atoms with E-state index in [0.29, 0.717) is 11.4 Å². The predicted octanol–water partition coefficient (Wildman–Crippen LogP) is 1.94. The highest BCUT2D eigenvalue weighted by Crippen LogP contribution is 2.34. The van der Waals surface area contributed by atoms with Crippen molar-refractivity contribution in [1.82, 2.24) is 15.1 Å². The molecule has 3 rings (SSSR count). The van der Waals surface area contributed by atoms with Crippen LogP contribution < -0.4 is 4.90 Å². The van der Waals surface area contributed by atoms with E-state index in [2.05, 4.69) is 21.2 Å². The number of carbonyl (C=O) groups excluding carboxylic acids is 1. The molecular formula is C17H23N5O. The van der Waals surface area contributed by atoms with Crippen molar-refractivity contribution in [3.05, 3.63) is 16.8 Å². The number of aromatic nitrogens is 2. The molecule has 0 bridgehead atoms. The fourth-order valence-electron chi connectivity index (χ4n) is 3.97. The number of rotatable bonds is 2. The van der Waals surface area contributed by atoms with Gasteiger partial charge in [-0.3, -0.25) is 4.79 Å². The fraction of sp³-hybridized carbons (Fsp3) is 0.647. The first-order valence-corrected chi connectivity index (χ1v) is 8.32. The number of aryl methyl sites for hydroxylation is 1. The topological polar surface area (TPSA) is 73.1 Å². The van der Waals surface area contributed by atoms with E-state index in [1.54, 1.807) is 6.92 Å². The van der Waals surface area contributed by atoms with E-state index < -0.39 is 0 Å². The van der Waals surface area contributed by atoms with Gasteiger partial charge in [0.2, 0.25) is 5.91 Å². The summed E-state index contributed by atoms with van der Waals surface area (Å²) in [5.41, 5.74) is 2.32. The van der Waals surface area contributed by atoms with Crippen molar-refractivity contribution in [1.29, 1.82) is 5.26 Å². The van der Waals surface area contributed by atoms with Gasteiger partial charge in [0.05, 0.1) is 17.8 Å². The number of anilines is 1. The normalized spacial score (nSPS) is 24.1. The molecule has 0 aromatic carbocycles. The molecule has 2 fully saturated rings. The summed E-state index contributed by atoms with van der Waals surface area (Å²) in [6, 6.07) is 2.77. The van der Waals surface area contributed by atoms with Crippen molar-refractivity contribution < 1.29 is 4.79 Å². The summed E-state index contributed by atoms with van der Waals surface area (Å²) < 4.78 is 0. The van der Waals surface area contributed by atoms with Gasteiger partial charge in [0.1, 0.15) is 11.6 Å². The summed E-state index contributed by atoms with van der Waals surface area (Å²) in [6.45, 7) is 7.17. The molecule has 0 unspecified atom stereocenters. The Kier molecular flexibility index (Phi) is 4.20. The molecular weight excluding hydrogens is 290 g/mol. The van der Waals surface area contributed by atoms with Crippen LogP contribution in [0.15, 0.2) is 0 Å². The van der Waals surface area contributed by atoms with Gasteiger partial charge in [-0.05, 0) is 45.1 Å². The molecule has 2 aliphatic rings. The van der Waals surface area contributed by atoms with E-state index in [1.807, 2.05) is 18.7 Å². The van der Waals surface area contributed by atoms with Gasteiger partial charge in [-0.15, -0.1) is 5.10 Å². The number of carbonyl (C=O) groups is 1. The first-order chi connectivity index (χ1) is 11.0. The maximum absolute atomic E-state index is 11.9. The lowest BCUT2D eigenvalue weighted by molar-refractivity contribution is -0.129. The zero-order valence-corrected chi connectivity index (χ0v) is 14.0. The van der Waals surface area contributed by atoms with E-state index >= 15 is 0 Å². The summed E-state index contributed by atoms with van der Waals surface area (Å²) in [5, 5.41) is 18.1. The third kappa shape index (κ3) is 2.65. The fourth-order valence-corrected chi connectivity index (χ4v) is 3.97. The molecule has 2 aliphatic heterocycles. The Morgan fingerprint density at radius 1 is 1.17 bits per heavy atom. The quantitative estimate of drug-likeness (QED) is 0.834. The number of amides is 1. The van der Waals surface area contributed by atoms with Gasteiger partial charge in [0, 0.05) is 20.0 Å². The van der Waals surface area contributed by atoms with Crippen LogP contribution in [0.3, 0.4) is 0 Å². The molecule has 3 heterocycles. The Balaban J connectivity index is 1.96. The van der Waals surface area contributed by atoms with Crippen LogP contribution >= 0.6 is 0 Å². The van der Waals surface area contributed by atoms with Gasteiger partial charge in [-0.25, -0.2) is 0 Å². The van der Waals surface area contributed by atoms with Gasteiger partial charge in [0.15, 0.2) is 5.82 Å². The molecule has 6 heteroatoms. The van der Waals surface area contributed by atoms with E-state index in [1.165, 1.54) is 0 Å². The van der Waals surface area contributed by atoms with E-state index in [0.717, 1.165) is 50.0 Å². The van der Waals surface area contributed by atoms with Crippen LogP contribution in [0, 0.1) is 25.2 Å². The second-order valence-electron chi connectivity index (χ2n) is 6.55. The minimum atomic E-state index is 0.144. The summed E-state index contributed by atoms with van der Waals surface area (Å²) in [5.74, 6) is 0.833. The molecule has 1 aromatic heterocycles. The van der Waals surface area contributed by atoms with Crippen LogP contribution in [0.4, 0.5) is 5.82 Å². The summed E-state index contributed by atoms with van der Waals surface area (Å²) in [6.07, 6.45) is 4.18. The molecule has 6 nitrogen and oxygen atoms in total. The first kappa shape index (κ1) is 15.7. The summed E-state index contributed by atoms with van der Waals surface area (Å²) in [4.78, 5) is 16.1. The van der Waals surface area contributed by atoms with Crippen LogP contribution in [0.2, 0.25) is 0 Å². The third-order valence-electron chi connectivity index (χ3n) is 5.27. The molecule has 0 aliphatic carbocycles. The highest BCUT2D eigenvalue weighted by atomic mass is 16.2. The number of nitrogens with zero attached hydrogens (tertiary/aromatic N) is 5. The van der Waals surface area contributed by atoms with Crippen LogP contribution in [0.25, 0.3) is 0 Å². The predicted molar refractivity (Wildman–Crippen MR) is 87.0 cm³/mol. The van der Waals surface area contributed by atoms with Gasteiger partial charge < -0.3 is 9.80 Å². The molecule has 0 radical (unpaired) electrons. The lowest BCUT2D eigenvalue weighted by Crippen LogP contribution is -2.48. The molecule has 0 saturated carbocycles. The smallest absolute Gasteiger partial charge is 0.219 e. The maximum Gasteiger partial charge on any atom is 0.219 e. The average molecular weight is 313 g/mol. The lowest BCUT2D eigenvalue weighted by atomic mass is 10.0. The number of nitriles is 1. The Bertz CT molecular complexity index is 666. The largest absolute Gasteiger partial charge is 0.349 e. The Morgan fingerprint density at radius 2 is 1.87 bits per heavy atom. The van der Waals surface area contributed by atoms with Crippen molar-refractivity contribution in [2.24, 2.45) is 0 Å². The van der Waals surface area contributed by atoms with Gasteiger partial charge in [0.25, 0.3) is 0 Å². The summed E-state index contributed by atoms with van der Waals surface area (Å²) in [7, 11) is 0. The lowest BCUT2D eigenvalue weighted by Gasteiger charge is -2.35. The molecule has 1 aromatic rings. The Hall–Kier alpha value is -2.16. The van der Waals surface area contributed by atoms with Crippen molar-refractivity contribution in [3.63, 3.8) is 0 Å². The van der Waals surface area contributed by atoms with Crippen molar-refractivity contribution in [2.75, 3.05) is 18.0 Å². The maximum atomic E-state index is 11.9. The molecule has 122 valence electrons. The molecule has 2 atom stereocenters. The van der Waals surface area contributed by atoms with Crippen LogP contribution in [0.1, 0.15) is 49.4 Å². The van der Waals surface area contributed by atoms with Crippen molar-refractivity contribution >= 4 is 11.7 Å². The summed E-state index contributed by atoms with van der Waals surface area (Å²) >= 11 is 0. The minimum absolute atomic E-state index is 0.144. The van der Waals surface area contributed by atoms with Crippen LogP contribution in [0.5, 0.6) is 0 Å². The van der Waals surface area contributed by atoms with E-state index in [9.17, 15) is 10.1 Å². The SMILES string of the molecule is CC(=O)N1CCC[C@H]1[C@H]1CCCN1c1nnc(C)c(C)c1C#N. The average Bonchev–Trinajstić information content (AvgIpc) is 3.17.